The third-order valence-electron chi connectivity index (χ3n) is 6.41. The normalized spacial score (nSPS) is 19.7. The van der Waals surface area contributed by atoms with Gasteiger partial charge in [-0.2, -0.15) is 5.10 Å². The van der Waals surface area contributed by atoms with Crippen LogP contribution in [0.25, 0.3) is 22.2 Å². The second-order valence-electron chi connectivity index (χ2n) is 8.35. The van der Waals surface area contributed by atoms with Crippen molar-refractivity contribution in [3.8, 4) is 17.0 Å². The van der Waals surface area contributed by atoms with E-state index in [9.17, 15) is 4.79 Å². The zero-order chi connectivity index (χ0) is 21.4. The lowest BCUT2D eigenvalue weighted by molar-refractivity contribution is 0.206. The summed E-state index contributed by atoms with van der Waals surface area (Å²) in [6, 6.07) is 10.2. The number of hydrogen-bond donors (Lipinski definition) is 1. The summed E-state index contributed by atoms with van der Waals surface area (Å²) in [6.45, 7) is 9.21. The summed E-state index contributed by atoms with van der Waals surface area (Å²) in [4.78, 5) is 18.9. The Balaban J connectivity index is 1.43. The molecule has 31 heavy (non-hydrogen) atoms. The minimum Gasteiger partial charge on any atom is -0.490 e. The van der Waals surface area contributed by atoms with Crippen LogP contribution in [0.4, 0.5) is 4.79 Å². The van der Waals surface area contributed by atoms with Crippen LogP contribution in [0.15, 0.2) is 49.2 Å². The lowest BCUT2D eigenvalue weighted by Gasteiger charge is -2.23. The van der Waals surface area contributed by atoms with E-state index in [2.05, 4.69) is 33.7 Å². The predicted octanol–water partition coefficient (Wildman–Crippen LogP) is 3.74. The standard InChI is InChI=1S/C24H27N5O2/c1-3-11-31-19-5-6-20-17(13-19)12-18(15-26-20)21-14-22-24(8-10-29(22)27-21)7-9-28(16-24)23(30)25-4-2/h3,5-6,12-15H,1,4,7-11,16H2,2H3,(H,25,30). The molecule has 7 nitrogen and oxygen atoms in total. The van der Waals surface area contributed by atoms with Crippen molar-refractivity contribution in [1.82, 2.24) is 25.0 Å². The molecule has 3 aromatic rings. The first-order chi connectivity index (χ1) is 15.1. The number of fused-ring (bicyclic) bond motifs is 3. The van der Waals surface area contributed by atoms with E-state index in [0.29, 0.717) is 13.2 Å². The van der Waals surface area contributed by atoms with Gasteiger partial charge in [-0.1, -0.05) is 12.7 Å². The van der Waals surface area contributed by atoms with E-state index < -0.39 is 0 Å². The molecule has 0 saturated carbocycles. The molecule has 1 saturated heterocycles. The maximum atomic E-state index is 12.3. The third kappa shape index (κ3) is 3.44. The Hall–Kier alpha value is -3.35. The Morgan fingerprint density at radius 1 is 1.29 bits per heavy atom. The highest BCUT2D eigenvalue weighted by molar-refractivity contribution is 5.84. The first-order valence-electron chi connectivity index (χ1n) is 10.9. The molecule has 1 fully saturated rings. The number of hydrogen-bond acceptors (Lipinski definition) is 4. The summed E-state index contributed by atoms with van der Waals surface area (Å²) < 4.78 is 7.78. The topological polar surface area (TPSA) is 72.3 Å². The van der Waals surface area contributed by atoms with Gasteiger partial charge in [-0.25, -0.2) is 4.79 Å². The van der Waals surface area contributed by atoms with Crippen LogP contribution in [0, 0.1) is 0 Å². The van der Waals surface area contributed by atoms with Crippen LogP contribution in [0.5, 0.6) is 5.75 Å². The second-order valence-corrected chi connectivity index (χ2v) is 8.35. The number of urea groups is 1. The maximum Gasteiger partial charge on any atom is 0.317 e. The SMILES string of the molecule is C=CCOc1ccc2ncc(-c3cc4n(n3)CCC43CCN(C(=O)NCC)C3)cc2c1. The zero-order valence-corrected chi connectivity index (χ0v) is 17.8. The highest BCUT2D eigenvalue weighted by Gasteiger charge is 2.46. The molecule has 1 N–H and O–H groups in total. The van der Waals surface area contributed by atoms with Gasteiger partial charge in [0.1, 0.15) is 12.4 Å². The molecule has 2 amide bonds. The molecule has 4 heterocycles. The van der Waals surface area contributed by atoms with Crippen LogP contribution in [0.3, 0.4) is 0 Å². The lowest BCUT2D eigenvalue weighted by atomic mass is 9.82. The van der Waals surface area contributed by atoms with Gasteiger partial charge in [-0.05, 0) is 50.1 Å². The molecule has 1 aromatic carbocycles. The van der Waals surface area contributed by atoms with E-state index in [0.717, 1.165) is 60.4 Å². The van der Waals surface area contributed by atoms with Crippen molar-refractivity contribution < 1.29 is 9.53 Å². The molecule has 0 bridgehead atoms. The molecule has 0 aliphatic carbocycles. The summed E-state index contributed by atoms with van der Waals surface area (Å²) in [5, 5.41) is 8.82. The second kappa shape index (κ2) is 7.72. The number of pyridine rings is 1. The van der Waals surface area contributed by atoms with E-state index in [1.807, 2.05) is 36.2 Å². The molecular formula is C24H27N5O2. The van der Waals surface area contributed by atoms with E-state index in [-0.39, 0.29) is 11.4 Å². The number of ether oxygens (including phenoxy) is 1. The van der Waals surface area contributed by atoms with Gasteiger partial charge in [0.25, 0.3) is 0 Å². The smallest absolute Gasteiger partial charge is 0.317 e. The quantitative estimate of drug-likeness (QED) is 0.642. The van der Waals surface area contributed by atoms with Crippen molar-refractivity contribution in [2.75, 3.05) is 26.2 Å². The van der Waals surface area contributed by atoms with Crippen LogP contribution in [0.1, 0.15) is 25.5 Å². The van der Waals surface area contributed by atoms with E-state index in [1.165, 1.54) is 5.69 Å². The van der Waals surface area contributed by atoms with E-state index >= 15 is 0 Å². The number of carbonyl (C=O) groups is 1. The molecule has 1 spiro atoms. The number of likely N-dealkylation sites (tertiary alicyclic amines) is 1. The Labute approximate surface area is 181 Å². The van der Waals surface area contributed by atoms with Gasteiger partial charge in [0.2, 0.25) is 0 Å². The molecule has 1 unspecified atom stereocenters. The van der Waals surface area contributed by atoms with Gasteiger partial charge >= 0.3 is 6.03 Å². The molecule has 5 rings (SSSR count). The van der Waals surface area contributed by atoms with E-state index in [4.69, 9.17) is 9.84 Å². The average molecular weight is 418 g/mol. The number of aryl methyl sites for hydroxylation is 1. The first kappa shape index (κ1) is 19.6. The lowest BCUT2D eigenvalue weighted by Crippen LogP contribution is -2.40. The summed E-state index contributed by atoms with van der Waals surface area (Å²) in [7, 11) is 0. The van der Waals surface area contributed by atoms with Crippen LogP contribution >= 0.6 is 0 Å². The summed E-state index contributed by atoms with van der Waals surface area (Å²) in [6.07, 6.45) is 5.63. The minimum absolute atomic E-state index is 0.00626. The van der Waals surface area contributed by atoms with Gasteiger partial charge in [-0.15, -0.1) is 0 Å². The van der Waals surface area contributed by atoms with Gasteiger partial charge in [0.15, 0.2) is 0 Å². The molecule has 160 valence electrons. The fourth-order valence-electron chi connectivity index (χ4n) is 4.82. The summed E-state index contributed by atoms with van der Waals surface area (Å²) in [5.41, 5.74) is 4.08. The molecule has 2 aromatic heterocycles. The monoisotopic (exact) mass is 417 g/mol. The Morgan fingerprint density at radius 2 is 2.16 bits per heavy atom. The van der Waals surface area contributed by atoms with Crippen LogP contribution in [-0.2, 0) is 12.0 Å². The first-order valence-corrected chi connectivity index (χ1v) is 10.9. The fourth-order valence-corrected chi connectivity index (χ4v) is 4.82. The van der Waals surface area contributed by atoms with Gasteiger partial charge in [-0.3, -0.25) is 9.67 Å². The Kier molecular flexibility index (Phi) is 4.88. The van der Waals surface area contributed by atoms with Gasteiger partial charge in [0, 0.05) is 54.4 Å². The maximum absolute atomic E-state index is 12.3. The van der Waals surface area contributed by atoms with Crippen LogP contribution < -0.4 is 10.1 Å². The number of carbonyl (C=O) groups excluding carboxylic acids is 1. The Morgan fingerprint density at radius 3 is 3.00 bits per heavy atom. The summed E-state index contributed by atoms with van der Waals surface area (Å²) >= 11 is 0. The number of nitrogens with zero attached hydrogens (tertiary/aromatic N) is 4. The number of benzene rings is 1. The minimum atomic E-state index is 0.00626. The van der Waals surface area contributed by atoms with Crippen molar-refractivity contribution in [2.24, 2.45) is 0 Å². The predicted molar refractivity (Wildman–Crippen MR) is 120 cm³/mol. The number of aromatic nitrogens is 3. The molecule has 0 radical (unpaired) electrons. The van der Waals surface area contributed by atoms with Crippen molar-refractivity contribution in [3.05, 3.63) is 54.9 Å². The third-order valence-corrected chi connectivity index (χ3v) is 6.41. The largest absolute Gasteiger partial charge is 0.490 e. The van der Waals surface area contributed by atoms with E-state index in [1.54, 1.807) is 6.08 Å². The Bertz CT molecular complexity index is 1150. The molecular weight excluding hydrogens is 390 g/mol. The van der Waals surface area contributed by atoms with Crippen molar-refractivity contribution in [1.29, 1.82) is 0 Å². The fraction of sp³-hybridized carbons (Fsp3) is 0.375. The summed E-state index contributed by atoms with van der Waals surface area (Å²) in [5.74, 6) is 0.800. The van der Waals surface area contributed by atoms with Gasteiger partial charge < -0.3 is 15.0 Å². The van der Waals surface area contributed by atoms with Crippen molar-refractivity contribution in [2.45, 2.75) is 31.7 Å². The van der Waals surface area contributed by atoms with Crippen molar-refractivity contribution >= 4 is 16.9 Å². The molecule has 1 atom stereocenters. The highest BCUT2D eigenvalue weighted by Crippen LogP contribution is 2.43. The number of nitrogens with one attached hydrogen (secondary N) is 1. The van der Waals surface area contributed by atoms with Gasteiger partial charge in [0.05, 0.1) is 11.2 Å². The highest BCUT2D eigenvalue weighted by atomic mass is 16.5. The van der Waals surface area contributed by atoms with Crippen LogP contribution in [-0.4, -0.2) is 51.9 Å². The average Bonchev–Trinajstić information content (AvgIpc) is 3.49. The number of rotatable bonds is 5. The zero-order valence-electron chi connectivity index (χ0n) is 17.8. The molecule has 2 aliphatic heterocycles. The number of amides is 2. The van der Waals surface area contributed by atoms with Crippen molar-refractivity contribution in [3.63, 3.8) is 0 Å². The molecule has 7 heteroatoms. The van der Waals surface area contributed by atoms with Crippen LogP contribution in [0.2, 0.25) is 0 Å². The molecule has 2 aliphatic rings.